The first kappa shape index (κ1) is 17.0. The van der Waals surface area contributed by atoms with Crippen LogP contribution >= 0.6 is 0 Å². The third-order valence-electron chi connectivity index (χ3n) is 2.33. The zero-order valence-corrected chi connectivity index (χ0v) is 12.6. The maximum atomic E-state index is 11.5. The maximum absolute atomic E-state index is 11.5. The molecule has 0 atom stereocenters. The second kappa shape index (κ2) is 7.69. The number of nitrogens with one attached hydrogen (secondary N) is 3. The molecule has 0 spiro atoms. The fourth-order valence-electron chi connectivity index (χ4n) is 1.48. The molecule has 0 unspecified atom stereocenters. The Hall–Kier alpha value is -2.01. The van der Waals surface area contributed by atoms with Crippen molar-refractivity contribution in [1.82, 2.24) is 14.7 Å². The minimum atomic E-state index is -3.40. The van der Waals surface area contributed by atoms with Gasteiger partial charge in [0, 0.05) is 19.6 Å². The smallest absolute Gasteiger partial charge is 0.329 e. The van der Waals surface area contributed by atoms with Crippen molar-refractivity contribution in [3.8, 4) is 0 Å². The lowest BCUT2D eigenvalue weighted by atomic mass is 10.4. The summed E-state index contributed by atoms with van der Waals surface area (Å²) in [5.74, 6) is 0.0104. The van der Waals surface area contributed by atoms with E-state index in [0.717, 1.165) is 6.20 Å². The second-order valence-electron chi connectivity index (χ2n) is 3.96. The molecule has 1 aromatic heterocycles. The lowest BCUT2D eigenvalue weighted by Crippen LogP contribution is -2.29. The van der Waals surface area contributed by atoms with E-state index in [1.807, 2.05) is 6.92 Å². The summed E-state index contributed by atoms with van der Waals surface area (Å²) in [6, 6.07) is 0. The van der Waals surface area contributed by atoms with E-state index in [-0.39, 0.29) is 29.8 Å². The van der Waals surface area contributed by atoms with Gasteiger partial charge >= 0.3 is 5.69 Å². The van der Waals surface area contributed by atoms with Crippen LogP contribution < -0.4 is 15.4 Å². The normalized spacial score (nSPS) is 11.1. The molecule has 0 aliphatic carbocycles. The number of rotatable bonds is 9. The number of hydrogen-bond acceptors (Lipinski definition) is 8. The molecule has 1 aromatic rings. The van der Waals surface area contributed by atoms with Crippen molar-refractivity contribution < 1.29 is 13.3 Å². The van der Waals surface area contributed by atoms with Gasteiger partial charge in [-0.1, -0.05) is 6.92 Å². The Labute approximate surface area is 122 Å². The molecule has 0 aliphatic rings. The molecule has 0 bridgehead atoms. The van der Waals surface area contributed by atoms with Crippen LogP contribution in [-0.2, 0) is 10.0 Å². The van der Waals surface area contributed by atoms with Crippen molar-refractivity contribution in [3.05, 3.63) is 16.3 Å². The third-order valence-corrected chi connectivity index (χ3v) is 3.80. The van der Waals surface area contributed by atoms with E-state index in [1.165, 1.54) is 0 Å². The Balaban J connectivity index is 2.80. The quantitative estimate of drug-likeness (QED) is 0.432. The van der Waals surface area contributed by atoms with E-state index in [2.05, 4.69) is 25.3 Å². The molecule has 0 radical (unpaired) electrons. The van der Waals surface area contributed by atoms with Gasteiger partial charge in [0.1, 0.15) is 6.20 Å². The molecule has 118 valence electrons. The van der Waals surface area contributed by atoms with Crippen LogP contribution in [0, 0.1) is 10.1 Å². The van der Waals surface area contributed by atoms with Gasteiger partial charge in [-0.2, -0.15) is 4.98 Å². The Bertz CT molecular complexity index is 591. The van der Waals surface area contributed by atoms with Crippen LogP contribution in [0.1, 0.15) is 13.8 Å². The molecule has 21 heavy (non-hydrogen) atoms. The van der Waals surface area contributed by atoms with E-state index in [9.17, 15) is 18.5 Å². The summed E-state index contributed by atoms with van der Waals surface area (Å²) in [7, 11) is -3.40. The van der Waals surface area contributed by atoms with Crippen molar-refractivity contribution in [1.29, 1.82) is 0 Å². The molecule has 1 heterocycles. The predicted molar refractivity (Wildman–Crippen MR) is 78.8 cm³/mol. The highest BCUT2D eigenvalue weighted by atomic mass is 32.2. The minimum absolute atomic E-state index is 0.00124. The predicted octanol–water partition coefficient (Wildman–Crippen LogP) is 0.168. The van der Waals surface area contributed by atoms with Crippen molar-refractivity contribution in [2.24, 2.45) is 0 Å². The first-order valence-electron chi connectivity index (χ1n) is 6.36. The highest BCUT2D eigenvalue weighted by Gasteiger charge is 2.18. The molecule has 10 nitrogen and oxygen atoms in total. The van der Waals surface area contributed by atoms with E-state index in [1.54, 1.807) is 6.92 Å². The zero-order valence-electron chi connectivity index (χ0n) is 11.8. The lowest BCUT2D eigenvalue weighted by molar-refractivity contribution is -0.384. The summed E-state index contributed by atoms with van der Waals surface area (Å²) in [5.41, 5.74) is -0.308. The topological polar surface area (TPSA) is 139 Å². The monoisotopic (exact) mass is 318 g/mol. The van der Waals surface area contributed by atoms with Gasteiger partial charge in [0.15, 0.2) is 0 Å². The van der Waals surface area contributed by atoms with Crippen molar-refractivity contribution >= 4 is 27.5 Å². The Morgan fingerprint density at radius 3 is 2.57 bits per heavy atom. The second-order valence-corrected chi connectivity index (χ2v) is 5.88. The highest BCUT2D eigenvalue weighted by molar-refractivity contribution is 7.89. The van der Waals surface area contributed by atoms with Gasteiger partial charge in [0.05, 0.1) is 10.7 Å². The molecule has 1 rings (SSSR count). The van der Waals surface area contributed by atoms with E-state index >= 15 is 0 Å². The van der Waals surface area contributed by atoms with Crippen LogP contribution in [0.25, 0.3) is 0 Å². The lowest BCUT2D eigenvalue weighted by Gasteiger charge is -2.08. The third kappa shape index (κ3) is 5.47. The minimum Gasteiger partial charge on any atom is -0.363 e. The van der Waals surface area contributed by atoms with Crippen LogP contribution in [0.2, 0.25) is 0 Å². The van der Waals surface area contributed by atoms with Gasteiger partial charge in [-0.3, -0.25) is 10.1 Å². The van der Waals surface area contributed by atoms with Gasteiger partial charge in [0.2, 0.25) is 21.8 Å². The fraction of sp³-hybridized carbons (Fsp3) is 0.600. The number of aromatic nitrogens is 2. The summed E-state index contributed by atoms with van der Waals surface area (Å²) in [6.45, 7) is 4.36. The van der Waals surface area contributed by atoms with E-state index < -0.39 is 14.9 Å². The molecular weight excluding hydrogens is 300 g/mol. The summed E-state index contributed by atoms with van der Waals surface area (Å²) in [6.07, 6.45) is 1.08. The van der Waals surface area contributed by atoms with E-state index in [4.69, 9.17) is 0 Å². The molecule has 3 N–H and O–H groups in total. The number of nitro groups is 1. The Morgan fingerprint density at radius 2 is 2.00 bits per heavy atom. The highest BCUT2D eigenvalue weighted by Crippen LogP contribution is 2.21. The van der Waals surface area contributed by atoms with Crippen LogP contribution in [0.5, 0.6) is 0 Å². The van der Waals surface area contributed by atoms with Crippen LogP contribution in [0.15, 0.2) is 6.20 Å². The van der Waals surface area contributed by atoms with E-state index in [0.29, 0.717) is 13.1 Å². The maximum Gasteiger partial charge on any atom is 0.329 e. The summed E-state index contributed by atoms with van der Waals surface area (Å²) < 4.78 is 25.3. The fourth-order valence-corrected chi connectivity index (χ4v) is 2.43. The number of nitrogens with zero attached hydrogens (tertiary/aromatic N) is 3. The standard InChI is InChI=1S/C10H18N6O4S/c1-3-11-10-13-7-8(16(17)18)9(15-10)12-5-6-21(19,20)14-4-2/h7,14H,3-6H2,1-2H3,(H2,11,12,13,15). The number of anilines is 2. The molecule has 0 saturated heterocycles. The molecule has 0 fully saturated rings. The van der Waals surface area contributed by atoms with Crippen LogP contribution in [0.4, 0.5) is 17.5 Å². The molecule has 0 aliphatic heterocycles. The van der Waals surface area contributed by atoms with Gasteiger partial charge in [0.25, 0.3) is 0 Å². The SMILES string of the molecule is CCNc1ncc([N+](=O)[O-])c(NCCS(=O)(=O)NCC)n1. The first-order valence-corrected chi connectivity index (χ1v) is 8.01. The summed E-state index contributed by atoms with van der Waals surface area (Å²) in [5, 5.41) is 16.4. The van der Waals surface area contributed by atoms with Crippen molar-refractivity contribution in [2.45, 2.75) is 13.8 Å². The summed E-state index contributed by atoms with van der Waals surface area (Å²) >= 11 is 0. The largest absolute Gasteiger partial charge is 0.363 e. The zero-order chi connectivity index (χ0) is 15.9. The van der Waals surface area contributed by atoms with Crippen molar-refractivity contribution in [2.75, 3.05) is 36.0 Å². The molecule has 11 heteroatoms. The molecular formula is C10H18N6O4S. The average molecular weight is 318 g/mol. The average Bonchev–Trinajstić information content (AvgIpc) is 2.38. The van der Waals surface area contributed by atoms with Gasteiger partial charge in [-0.05, 0) is 6.92 Å². The number of hydrogen-bond donors (Lipinski definition) is 3. The Morgan fingerprint density at radius 1 is 1.29 bits per heavy atom. The number of sulfonamides is 1. The molecule has 0 saturated carbocycles. The van der Waals surface area contributed by atoms with Gasteiger partial charge < -0.3 is 10.6 Å². The van der Waals surface area contributed by atoms with Crippen LogP contribution in [0.3, 0.4) is 0 Å². The molecule has 0 amide bonds. The van der Waals surface area contributed by atoms with Crippen molar-refractivity contribution in [3.63, 3.8) is 0 Å². The van der Waals surface area contributed by atoms with Gasteiger partial charge in [-0.25, -0.2) is 18.1 Å². The Kier molecular flexibility index (Phi) is 6.24. The van der Waals surface area contributed by atoms with Gasteiger partial charge in [-0.15, -0.1) is 0 Å². The molecule has 0 aromatic carbocycles. The van der Waals surface area contributed by atoms with Crippen LogP contribution in [-0.4, -0.2) is 48.7 Å². The summed E-state index contributed by atoms with van der Waals surface area (Å²) in [4.78, 5) is 18.0. The first-order chi connectivity index (χ1) is 9.89.